The maximum absolute atomic E-state index is 12.2. The van der Waals surface area contributed by atoms with Crippen LogP contribution in [-0.4, -0.2) is 36.3 Å². The average molecular weight is 317 g/mol. The number of hydrogen-bond acceptors (Lipinski definition) is 6. The number of nitrogens with one attached hydrogen (secondary N) is 1. The van der Waals surface area contributed by atoms with E-state index in [9.17, 15) is 4.79 Å². The van der Waals surface area contributed by atoms with E-state index in [0.29, 0.717) is 23.7 Å². The third kappa shape index (κ3) is 3.45. The fourth-order valence-electron chi connectivity index (χ4n) is 2.47. The number of aromatic nitrogens is 1. The molecule has 0 saturated heterocycles. The van der Waals surface area contributed by atoms with E-state index in [1.54, 1.807) is 18.2 Å². The van der Waals surface area contributed by atoms with Crippen LogP contribution in [0.5, 0.6) is 11.5 Å². The molecule has 1 aliphatic heterocycles. The molecular formula is C16H19N3O4. The molecule has 0 aliphatic carbocycles. The Kier molecular flexibility index (Phi) is 4.20. The molecule has 122 valence electrons. The standard InChI is InChI=1S/C16H19N3O4/c1-10-13(11(2)23-18-10)7-19(3)8-16(20)17-12-4-5-14-15(6-12)22-9-21-14/h4-6H,7-9H2,1-3H3,(H,17,20). The highest BCUT2D eigenvalue weighted by Crippen LogP contribution is 2.34. The van der Waals surface area contributed by atoms with E-state index in [4.69, 9.17) is 14.0 Å². The number of amides is 1. The first kappa shape index (κ1) is 15.4. The van der Waals surface area contributed by atoms with Gasteiger partial charge in [0.05, 0.1) is 12.2 Å². The van der Waals surface area contributed by atoms with Crippen molar-refractivity contribution in [2.45, 2.75) is 20.4 Å². The number of benzene rings is 1. The minimum absolute atomic E-state index is 0.0990. The van der Waals surface area contributed by atoms with Gasteiger partial charge in [-0.3, -0.25) is 9.69 Å². The first-order chi connectivity index (χ1) is 11.0. The molecule has 0 saturated carbocycles. The largest absolute Gasteiger partial charge is 0.454 e. The summed E-state index contributed by atoms with van der Waals surface area (Å²) in [6.45, 7) is 4.85. The first-order valence-corrected chi connectivity index (χ1v) is 7.32. The zero-order valence-electron chi connectivity index (χ0n) is 13.4. The summed E-state index contributed by atoms with van der Waals surface area (Å²) in [5, 5.41) is 6.78. The molecule has 1 amide bonds. The summed E-state index contributed by atoms with van der Waals surface area (Å²) in [5.41, 5.74) is 2.55. The first-order valence-electron chi connectivity index (χ1n) is 7.32. The van der Waals surface area contributed by atoms with E-state index in [-0.39, 0.29) is 19.2 Å². The predicted octanol–water partition coefficient (Wildman–Crippen LogP) is 2.09. The lowest BCUT2D eigenvalue weighted by Gasteiger charge is -2.16. The van der Waals surface area contributed by atoms with Crippen LogP contribution in [0.4, 0.5) is 5.69 Å². The normalized spacial score (nSPS) is 12.7. The van der Waals surface area contributed by atoms with Crippen molar-refractivity contribution < 1.29 is 18.8 Å². The SMILES string of the molecule is Cc1noc(C)c1CN(C)CC(=O)Nc1ccc2c(c1)OCO2. The van der Waals surface area contributed by atoms with E-state index >= 15 is 0 Å². The summed E-state index contributed by atoms with van der Waals surface area (Å²) in [6, 6.07) is 5.33. The highest BCUT2D eigenvalue weighted by molar-refractivity contribution is 5.92. The van der Waals surface area contributed by atoms with Gasteiger partial charge in [-0.1, -0.05) is 5.16 Å². The van der Waals surface area contributed by atoms with Gasteiger partial charge in [-0.05, 0) is 33.0 Å². The van der Waals surface area contributed by atoms with Crippen LogP contribution in [0.2, 0.25) is 0 Å². The van der Waals surface area contributed by atoms with E-state index in [1.165, 1.54) is 0 Å². The molecule has 0 bridgehead atoms. The molecule has 1 aliphatic rings. The van der Waals surface area contributed by atoms with E-state index in [1.807, 2.05) is 25.8 Å². The predicted molar refractivity (Wildman–Crippen MR) is 83.5 cm³/mol. The number of ether oxygens (including phenoxy) is 2. The van der Waals surface area contributed by atoms with Gasteiger partial charge >= 0.3 is 0 Å². The van der Waals surface area contributed by atoms with Crippen LogP contribution in [0.25, 0.3) is 0 Å². The fourth-order valence-corrected chi connectivity index (χ4v) is 2.47. The number of hydrogen-bond donors (Lipinski definition) is 1. The summed E-state index contributed by atoms with van der Waals surface area (Å²) in [7, 11) is 1.88. The summed E-state index contributed by atoms with van der Waals surface area (Å²) in [5.74, 6) is 2.02. The summed E-state index contributed by atoms with van der Waals surface area (Å²) in [6.07, 6.45) is 0. The zero-order chi connectivity index (χ0) is 16.4. The Labute approximate surface area is 134 Å². The van der Waals surface area contributed by atoms with Crippen molar-refractivity contribution in [2.24, 2.45) is 0 Å². The smallest absolute Gasteiger partial charge is 0.238 e. The summed E-state index contributed by atoms with van der Waals surface area (Å²) >= 11 is 0. The van der Waals surface area contributed by atoms with Gasteiger partial charge in [-0.2, -0.15) is 0 Å². The van der Waals surface area contributed by atoms with Crippen LogP contribution in [0.15, 0.2) is 22.7 Å². The highest BCUT2D eigenvalue weighted by Gasteiger charge is 2.16. The lowest BCUT2D eigenvalue weighted by molar-refractivity contribution is -0.117. The quantitative estimate of drug-likeness (QED) is 0.910. The van der Waals surface area contributed by atoms with E-state index in [0.717, 1.165) is 17.0 Å². The van der Waals surface area contributed by atoms with E-state index in [2.05, 4.69) is 10.5 Å². The molecule has 0 unspecified atom stereocenters. The monoisotopic (exact) mass is 317 g/mol. The van der Waals surface area contributed by atoms with Crippen molar-refractivity contribution >= 4 is 11.6 Å². The number of fused-ring (bicyclic) bond motifs is 1. The van der Waals surface area contributed by atoms with Crippen LogP contribution in [0.3, 0.4) is 0 Å². The van der Waals surface area contributed by atoms with Gasteiger partial charge < -0.3 is 19.3 Å². The molecule has 2 heterocycles. The second-order valence-corrected chi connectivity index (χ2v) is 5.59. The number of rotatable bonds is 5. The second-order valence-electron chi connectivity index (χ2n) is 5.59. The third-order valence-corrected chi connectivity index (χ3v) is 3.68. The lowest BCUT2D eigenvalue weighted by atomic mass is 10.2. The lowest BCUT2D eigenvalue weighted by Crippen LogP contribution is -2.30. The van der Waals surface area contributed by atoms with Crippen molar-refractivity contribution in [1.29, 1.82) is 0 Å². The van der Waals surface area contributed by atoms with Crippen molar-refractivity contribution in [2.75, 3.05) is 25.7 Å². The van der Waals surface area contributed by atoms with Gasteiger partial charge in [0.15, 0.2) is 11.5 Å². The molecule has 23 heavy (non-hydrogen) atoms. The molecule has 0 fully saturated rings. The highest BCUT2D eigenvalue weighted by atomic mass is 16.7. The number of carbonyl (C=O) groups is 1. The topological polar surface area (TPSA) is 76.8 Å². The molecular weight excluding hydrogens is 298 g/mol. The van der Waals surface area contributed by atoms with E-state index < -0.39 is 0 Å². The van der Waals surface area contributed by atoms with Gasteiger partial charge in [0.25, 0.3) is 0 Å². The van der Waals surface area contributed by atoms with Gasteiger partial charge in [0.2, 0.25) is 12.7 Å². The minimum Gasteiger partial charge on any atom is -0.454 e. The van der Waals surface area contributed by atoms with Gasteiger partial charge in [0, 0.05) is 23.9 Å². The number of nitrogens with zero attached hydrogens (tertiary/aromatic N) is 2. The van der Waals surface area contributed by atoms with Crippen LogP contribution >= 0.6 is 0 Å². The fraction of sp³-hybridized carbons (Fsp3) is 0.375. The molecule has 1 N–H and O–H groups in total. The third-order valence-electron chi connectivity index (χ3n) is 3.68. The van der Waals surface area contributed by atoms with Gasteiger partial charge in [-0.15, -0.1) is 0 Å². The maximum atomic E-state index is 12.2. The van der Waals surface area contributed by atoms with Crippen LogP contribution in [0.1, 0.15) is 17.0 Å². The Hall–Kier alpha value is -2.54. The molecule has 0 spiro atoms. The molecule has 7 heteroatoms. The van der Waals surface area contributed by atoms with Crippen LogP contribution in [-0.2, 0) is 11.3 Å². The number of likely N-dealkylation sites (N-methyl/N-ethyl adjacent to an activating group) is 1. The Balaban J connectivity index is 1.56. The molecule has 0 atom stereocenters. The van der Waals surface area contributed by atoms with Crippen molar-refractivity contribution in [1.82, 2.24) is 10.1 Å². The zero-order valence-corrected chi connectivity index (χ0v) is 13.4. The molecule has 7 nitrogen and oxygen atoms in total. The van der Waals surface area contributed by atoms with Crippen LogP contribution in [0, 0.1) is 13.8 Å². The number of aryl methyl sites for hydroxylation is 2. The molecule has 1 aromatic carbocycles. The number of carbonyl (C=O) groups excluding carboxylic acids is 1. The summed E-state index contributed by atoms with van der Waals surface area (Å²) < 4.78 is 15.7. The summed E-state index contributed by atoms with van der Waals surface area (Å²) in [4.78, 5) is 14.1. The Morgan fingerprint density at radius 2 is 2.09 bits per heavy atom. The van der Waals surface area contributed by atoms with Crippen LogP contribution < -0.4 is 14.8 Å². The number of anilines is 1. The molecule has 3 rings (SSSR count). The van der Waals surface area contributed by atoms with Crippen molar-refractivity contribution in [3.63, 3.8) is 0 Å². The van der Waals surface area contributed by atoms with Gasteiger partial charge in [-0.25, -0.2) is 0 Å². The Morgan fingerprint density at radius 1 is 1.30 bits per heavy atom. The molecule has 1 aromatic heterocycles. The second kappa shape index (κ2) is 6.29. The molecule has 2 aromatic rings. The van der Waals surface area contributed by atoms with Crippen molar-refractivity contribution in [3.05, 3.63) is 35.2 Å². The maximum Gasteiger partial charge on any atom is 0.238 e. The van der Waals surface area contributed by atoms with Gasteiger partial charge in [0.1, 0.15) is 5.76 Å². The van der Waals surface area contributed by atoms with Crippen molar-refractivity contribution in [3.8, 4) is 11.5 Å². The molecule has 0 radical (unpaired) electrons. The average Bonchev–Trinajstić information content (AvgIpc) is 3.08. The Morgan fingerprint density at radius 3 is 2.83 bits per heavy atom. The Bertz CT molecular complexity index is 707. The minimum atomic E-state index is -0.0990.